The molecule has 0 saturated carbocycles. The number of hydrogen-bond donors (Lipinski definition) is 3. The molecule has 0 fully saturated rings. The maximum absolute atomic E-state index is 13.6. The number of carbonyl (C=O) groups is 3. The quantitative estimate of drug-likeness (QED) is 0.135. The van der Waals surface area contributed by atoms with Crippen LogP contribution in [0.25, 0.3) is 6.08 Å². The summed E-state index contributed by atoms with van der Waals surface area (Å²) in [5.41, 5.74) is 1.47. The van der Waals surface area contributed by atoms with Crippen LogP contribution in [0.5, 0.6) is 11.5 Å². The summed E-state index contributed by atoms with van der Waals surface area (Å²) in [6, 6.07) is 26.3. The largest absolute Gasteiger partial charge is 0.497 e. The van der Waals surface area contributed by atoms with E-state index in [9.17, 15) is 14.4 Å². The van der Waals surface area contributed by atoms with E-state index in [1.807, 2.05) is 13.0 Å². The fraction of sp³-hybridized carbons (Fsp3) is 0.152. The summed E-state index contributed by atoms with van der Waals surface area (Å²) in [6.07, 6.45) is 3.75. The Morgan fingerprint density at radius 1 is 0.884 bits per heavy atom. The van der Waals surface area contributed by atoms with E-state index in [0.717, 1.165) is 4.90 Å². The number of nitrogens with one attached hydrogen (secondary N) is 3. The van der Waals surface area contributed by atoms with Crippen LogP contribution in [0.2, 0.25) is 0 Å². The highest BCUT2D eigenvalue weighted by atomic mass is 32.2. The average Bonchev–Trinajstić information content (AvgIpc) is 3.04. The lowest BCUT2D eigenvalue weighted by Crippen LogP contribution is -2.30. The van der Waals surface area contributed by atoms with Crippen LogP contribution in [0, 0.1) is 0 Å². The number of hydrogen-bond acceptors (Lipinski definition) is 7. The standard InChI is InChI=1S/C33H32N4O5S/c1-4-29(33(40)37-30-15-8-9-18-34-30)43-26-14-10-13-24(20-26)35-32(39)27(36-31(38)22-11-6-5-7-12-22)19-23-16-17-25(41-2)21-28(23)42-3/h5-21,29H,4H2,1-3H3,(H,35,39)(H,36,38)(H,34,37,40)/b27-19+. The number of methoxy groups -OCH3 is 2. The molecule has 220 valence electrons. The molecule has 1 atom stereocenters. The average molecular weight is 597 g/mol. The van der Waals surface area contributed by atoms with Crippen LogP contribution in [0.1, 0.15) is 29.3 Å². The molecule has 4 aromatic rings. The number of benzene rings is 3. The van der Waals surface area contributed by atoms with Crippen molar-refractivity contribution in [3.05, 3.63) is 114 Å². The monoisotopic (exact) mass is 596 g/mol. The third kappa shape index (κ3) is 8.70. The van der Waals surface area contributed by atoms with E-state index >= 15 is 0 Å². The van der Waals surface area contributed by atoms with Crippen LogP contribution in [-0.2, 0) is 9.59 Å². The van der Waals surface area contributed by atoms with Crippen LogP contribution in [0.4, 0.5) is 11.5 Å². The van der Waals surface area contributed by atoms with E-state index in [0.29, 0.717) is 40.6 Å². The van der Waals surface area contributed by atoms with Gasteiger partial charge in [-0.15, -0.1) is 11.8 Å². The van der Waals surface area contributed by atoms with Crippen LogP contribution in [0.3, 0.4) is 0 Å². The molecule has 0 radical (unpaired) electrons. The van der Waals surface area contributed by atoms with Gasteiger partial charge in [0.2, 0.25) is 5.91 Å². The molecule has 10 heteroatoms. The SMILES string of the molecule is CCC(Sc1cccc(NC(=O)/C(=C\c2ccc(OC)cc2OC)NC(=O)c2ccccc2)c1)C(=O)Nc1ccccn1. The van der Waals surface area contributed by atoms with Gasteiger partial charge in [-0.3, -0.25) is 14.4 Å². The Kier molecular flexibility index (Phi) is 10.9. The predicted octanol–water partition coefficient (Wildman–Crippen LogP) is 6.02. The summed E-state index contributed by atoms with van der Waals surface area (Å²) in [4.78, 5) is 44.4. The van der Waals surface area contributed by atoms with Gasteiger partial charge < -0.3 is 25.4 Å². The molecule has 0 aliphatic heterocycles. The highest BCUT2D eigenvalue weighted by Crippen LogP contribution is 2.29. The summed E-state index contributed by atoms with van der Waals surface area (Å²) in [6.45, 7) is 1.93. The Labute approximate surface area is 254 Å². The smallest absolute Gasteiger partial charge is 0.272 e. The zero-order chi connectivity index (χ0) is 30.6. The zero-order valence-electron chi connectivity index (χ0n) is 24.0. The molecular formula is C33H32N4O5S. The lowest BCUT2D eigenvalue weighted by atomic mass is 10.1. The fourth-order valence-corrected chi connectivity index (χ4v) is 5.02. The van der Waals surface area contributed by atoms with Gasteiger partial charge in [0.1, 0.15) is 23.0 Å². The molecule has 1 aromatic heterocycles. The summed E-state index contributed by atoms with van der Waals surface area (Å²) < 4.78 is 10.8. The van der Waals surface area contributed by atoms with Crippen molar-refractivity contribution in [3.8, 4) is 11.5 Å². The third-order valence-electron chi connectivity index (χ3n) is 6.22. The van der Waals surface area contributed by atoms with Gasteiger partial charge in [-0.05, 0) is 67.1 Å². The molecule has 0 aliphatic rings. The first-order valence-electron chi connectivity index (χ1n) is 13.5. The Bertz CT molecular complexity index is 1600. The van der Waals surface area contributed by atoms with Crippen molar-refractivity contribution in [1.29, 1.82) is 0 Å². The first-order chi connectivity index (χ1) is 20.9. The van der Waals surface area contributed by atoms with Gasteiger partial charge in [-0.25, -0.2) is 4.98 Å². The molecular weight excluding hydrogens is 564 g/mol. The van der Waals surface area contributed by atoms with Gasteiger partial charge in [0, 0.05) is 34.0 Å². The number of carbonyl (C=O) groups excluding carboxylic acids is 3. The highest BCUT2D eigenvalue weighted by Gasteiger charge is 2.20. The number of aromatic nitrogens is 1. The maximum Gasteiger partial charge on any atom is 0.272 e. The molecule has 0 aliphatic carbocycles. The number of anilines is 2. The number of nitrogens with zero attached hydrogens (tertiary/aromatic N) is 1. The molecule has 9 nitrogen and oxygen atoms in total. The number of amides is 3. The van der Waals surface area contributed by atoms with Crippen molar-refractivity contribution in [2.75, 3.05) is 24.9 Å². The zero-order valence-corrected chi connectivity index (χ0v) is 24.8. The lowest BCUT2D eigenvalue weighted by molar-refractivity contribution is -0.116. The van der Waals surface area contributed by atoms with Crippen LogP contribution >= 0.6 is 11.8 Å². The summed E-state index contributed by atoms with van der Waals surface area (Å²) >= 11 is 1.38. The topological polar surface area (TPSA) is 119 Å². The summed E-state index contributed by atoms with van der Waals surface area (Å²) in [5, 5.41) is 8.06. The molecule has 43 heavy (non-hydrogen) atoms. The molecule has 3 N–H and O–H groups in total. The molecule has 4 rings (SSSR count). The van der Waals surface area contributed by atoms with Crippen molar-refractivity contribution < 1.29 is 23.9 Å². The van der Waals surface area contributed by atoms with E-state index in [1.165, 1.54) is 18.9 Å². The summed E-state index contributed by atoms with van der Waals surface area (Å²) in [5.74, 6) is 0.391. The normalized spacial score (nSPS) is 11.7. The molecule has 3 amide bonds. The van der Waals surface area contributed by atoms with Crippen LogP contribution in [-0.4, -0.2) is 42.2 Å². The molecule has 0 bridgehead atoms. The van der Waals surface area contributed by atoms with Crippen molar-refractivity contribution in [2.24, 2.45) is 0 Å². The van der Waals surface area contributed by atoms with Gasteiger partial charge in [0.15, 0.2) is 0 Å². The van der Waals surface area contributed by atoms with E-state index in [2.05, 4.69) is 20.9 Å². The Hall–Kier alpha value is -5.09. The second-order valence-electron chi connectivity index (χ2n) is 9.19. The number of pyridine rings is 1. The van der Waals surface area contributed by atoms with Gasteiger partial charge in [-0.2, -0.15) is 0 Å². The van der Waals surface area contributed by atoms with Crippen molar-refractivity contribution in [3.63, 3.8) is 0 Å². The Morgan fingerprint density at radius 2 is 1.67 bits per heavy atom. The summed E-state index contributed by atoms with van der Waals surface area (Å²) in [7, 11) is 3.06. The number of ether oxygens (including phenoxy) is 2. The van der Waals surface area contributed by atoms with Crippen molar-refractivity contribution in [1.82, 2.24) is 10.3 Å². The first kappa shape index (κ1) is 30.9. The second kappa shape index (κ2) is 15.2. The van der Waals surface area contributed by atoms with Crippen LogP contribution in [0.15, 0.2) is 108 Å². The molecule has 0 saturated heterocycles. The molecule has 1 unspecified atom stereocenters. The minimum atomic E-state index is -0.538. The van der Waals surface area contributed by atoms with Gasteiger partial charge >= 0.3 is 0 Å². The lowest BCUT2D eigenvalue weighted by Gasteiger charge is -2.16. The van der Waals surface area contributed by atoms with E-state index < -0.39 is 11.8 Å². The van der Waals surface area contributed by atoms with Crippen LogP contribution < -0.4 is 25.4 Å². The number of rotatable bonds is 12. The minimum Gasteiger partial charge on any atom is -0.497 e. The second-order valence-corrected chi connectivity index (χ2v) is 10.5. The van der Waals surface area contributed by atoms with Gasteiger partial charge in [-0.1, -0.05) is 37.3 Å². The van der Waals surface area contributed by atoms with E-state index in [1.54, 1.807) is 104 Å². The predicted molar refractivity (Wildman–Crippen MR) is 169 cm³/mol. The van der Waals surface area contributed by atoms with Gasteiger partial charge in [0.05, 0.1) is 19.5 Å². The van der Waals surface area contributed by atoms with Crippen molar-refractivity contribution in [2.45, 2.75) is 23.5 Å². The van der Waals surface area contributed by atoms with Gasteiger partial charge in [0.25, 0.3) is 11.8 Å². The number of thioether (sulfide) groups is 1. The highest BCUT2D eigenvalue weighted by molar-refractivity contribution is 8.00. The van der Waals surface area contributed by atoms with E-state index in [4.69, 9.17) is 9.47 Å². The third-order valence-corrected chi connectivity index (χ3v) is 7.58. The Balaban J connectivity index is 1.55. The molecule has 3 aromatic carbocycles. The first-order valence-corrected chi connectivity index (χ1v) is 14.4. The maximum atomic E-state index is 13.6. The van der Waals surface area contributed by atoms with Crippen molar-refractivity contribution >= 4 is 47.1 Å². The minimum absolute atomic E-state index is 0.0107. The fourth-order valence-electron chi connectivity index (χ4n) is 4.01. The van der Waals surface area contributed by atoms with E-state index in [-0.39, 0.29) is 16.9 Å². The molecule has 1 heterocycles. The molecule has 0 spiro atoms. The Morgan fingerprint density at radius 3 is 2.37 bits per heavy atom.